The summed E-state index contributed by atoms with van der Waals surface area (Å²) in [5.74, 6) is -1.16. The summed E-state index contributed by atoms with van der Waals surface area (Å²) in [5.41, 5.74) is 5.86. The molecule has 0 bridgehead atoms. The fourth-order valence-corrected chi connectivity index (χ4v) is 3.28. The number of amides is 2. The van der Waals surface area contributed by atoms with Crippen LogP contribution in [0.3, 0.4) is 0 Å². The van der Waals surface area contributed by atoms with Crippen LogP contribution in [0.5, 0.6) is 0 Å². The smallest absolute Gasteiger partial charge is 0.267 e. The van der Waals surface area contributed by atoms with Crippen molar-refractivity contribution in [3.05, 3.63) is 80.8 Å². The Morgan fingerprint density at radius 3 is 2.44 bits per heavy atom. The lowest BCUT2D eigenvalue weighted by Gasteiger charge is -2.06. The first kappa shape index (κ1) is 18.2. The fraction of sp³-hybridized carbons (Fsp3) is 0.0556. The van der Waals surface area contributed by atoms with Gasteiger partial charge in [0.05, 0.1) is 10.6 Å². The predicted octanol–water partition coefficient (Wildman–Crippen LogP) is 3.10. The van der Waals surface area contributed by atoms with Gasteiger partial charge in [0.2, 0.25) is 0 Å². The lowest BCUT2D eigenvalue weighted by Crippen LogP contribution is -2.41. The van der Waals surface area contributed by atoms with Crippen molar-refractivity contribution in [1.29, 1.82) is 0 Å². The molecule has 0 saturated carbocycles. The van der Waals surface area contributed by atoms with E-state index >= 15 is 0 Å². The number of aromatic nitrogens is 1. The molecule has 0 spiro atoms. The summed E-state index contributed by atoms with van der Waals surface area (Å²) in [4.78, 5) is 39.4. The molecule has 3 rings (SSSR count). The Kier molecular flexibility index (Phi) is 5.23. The fourth-order valence-electron chi connectivity index (χ4n) is 2.31. The van der Waals surface area contributed by atoms with Gasteiger partial charge in [0.25, 0.3) is 17.5 Å². The van der Waals surface area contributed by atoms with Crippen LogP contribution in [0.2, 0.25) is 0 Å². The van der Waals surface area contributed by atoms with E-state index in [-0.39, 0.29) is 11.3 Å². The Labute approximate surface area is 158 Å². The molecule has 1 heterocycles. The number of non-ortho nitro benzene ring substituents is 1. The third kappa shape index (κ3) is 4.15. The number of hydrogen-bond donors (Lipinski definition) is 2. The summed E-state index contributed by atoms with van der Waals surface area (Å²) in [5, 5.41) is 11.5. The first-order valence-electron chi connectivity index (χ1n) is 7.83. The number of nitro groups is 1. The van der Waals surface area contributed by atoms with Crippen molar-refractivity contribution >= 4 is 28.8 Å². The third-order valence-corrected chi connectivity index (χ3v) is 4.84. The van der Waals surface area contributed by atoms with E-state index in [1.54, 1.807) is 6.92 Å². The number of aryl methyl sites for hydroxylation is 1. The van der Waals surface area contributed by atoms with Gasteiger partial charge in [-0.15, -0.1) is 11.3 Å². The van der Waals surface area contributed by atoms with Crippen molar-refractivity contribution in [1.82, 2.24) is 15.8 Å². The minimum absolute atomic E-state index is 0.0653. The van der Waals surface area contributed by atoms with Crippen molar-refractivity contribution < 1.29 is 14.5 Å². The monoisotopic (exact) mass is 382 g/mol. The summed E-state index contributed by atoms with van der Waals surface area (Å²) >= 11 is 1.21. The quantitative estimate of drug-likeness (QED) is 0.531. The Hall–Kier alpha value is -3.59. The second-order valence-electron chi connectivity index (χ2n) is 5.52. The molecule has 0 atom stereocenters. The molecule has 0 aliphatic heterocycles. The van der Waals surface area contributed by atoms with Crippen molar-refractivity contribution in [2.45, 2.75) is 6.92 Å². The molecule has 0 aliphatic rings. The highest BCUT2D eigenvalue weighted by atomic mass is 32.1. The van der Waals surface area contributed by atoms with Gasteiger partial charge in [-0.3, -0.25) is 30.6 Å². The summed E-state index contributed by atoms with van der Waals surface area (Å²) in [6.45, 7) is 1.71. The molecule has 136 valence electrons. The standard InChI is InChI=1S/C18H14N4O4S/c1-11-15(27-18(19-11)12-6-3-2-4-7-12)17(24)21-20-16(23)13-8-5-9-14(10-13)22(25)26/h2-10H,1H3,(H,20,23)(H,21,24). The van der Waals surface area contributed by atoms with E-state index in [1.165, 1.54) is 29.5 Å². The number of hydrogen-bond acceptors (Lipinski definition) is 6. The molecule has 8 nitrogen and oxygen atoms in total. The van der Waals surface area contributed by atoms with E-state index < -0.39 is 16.7 Å². The van der Waals surface area contributed by atoms with E-state index in [0.29, 0.717) is 15.6 Å². The van der Waals surface area contributed by atoms with Gasteiger partial charge in [0, 0.05) is 23.3 Å². The zero-order valence-corrected chi connectivity index (χ0v) is 14.9. The van der Waals surface area contributed by atoms with E-state index in [4.69, 9.17) is 0 Å². The Morgan fingerprint density at radius 2 is 1.74 bits per heavy atom. The molecule has 2 aromatic carbocycles. The maximum absolute atomic E-state index is 12.4. The average Bonchev–Trinajstić information content (AvgIpc) is 3.08. The van der Waals surface area contributed by atoms with Gasteiger partial charge < -0.3 is 0 Å². The summed E-state index contributed by atoms with van der Waals surface area (Å²) in [6, 6.07) is 14.7. The molecule has 2 amide bonds. The third-order valence-electron chi connectivity index (χ3n) is 3.63. The second-order valence-corrected chi connectivity index (χ2v) is 6.51. The molecule has 0 unspecified atom stereocenters. The van der Waals surface area contributed by atoms with Gasteiger partial charge in [-0.2, -0.15) is 0 Å². The number of rotatable bonds is 4. The van der Waals surface area contributed by atoms with Gasteiger partial charge in [-0.1, -0.05) is 36.4 Å². The number of benzene rings is 2. The molecule has 0 aliphatic carbocycles. The molecule has 1 aromatic heterocycles. The zero-order valence-electron chi connectivity index (χ0n) is 14.1. The van der Waals surface area contributed by atoms with Gasteiger partial charge in [0.1, 0.15) is 9.88 Å². The van der Waals surface area contributed by atoms with E-state index in [0.717, 1.165) is 11.6 Å². The molecule has 3 aromatic rings. The number of thiazole rings is 1. The normalized spacial score (nSPS) is 10.3. The zero-order chi connectivity index (χ0) is 19.4. The van der Waals surface area contributed by atoms with Crippen LogP contribution in [0.1, 0.15) is 25.7 Å². The van der Waals surface area contributed by atoms with E-state index in [9.17, 15) is 19.7 Å². The first-order chi connectivity index (χ1) is 13.0. The Balaban J connectivity index is 1.69. The summed E-state index contributed by atoms with van der Waals surface area (Å²) in [7, 11) is 0. The van der Waals surface area contributed by atoms with Gasteiger partial charge >= 0.3 is 0 Å². The van der Waals surface area contributed by atoms with Crippen LogP contribution in [-0.2, 0) is 0 Å². The van der Waals surface area contributed by atoms with Crippen LogP contribution in [0.4, 0.5) is 5.69 Å². The Morgan fingerprint density at radius 1 is 1.04 bits per heavy atom. The predicted molar refractivity (Wildman–Crippen MR) is 100 cm³/mol. The average molecular weight is 382 g/mol. The topological polar surface area (TPSA) is 114 Å². The molecule has 27 heavy (non-hydrogen) atoms. The summed E-state index contributed by atoms with van der Waals surface area (Å²) < 4.78 is 0. The van der Waals surface area contributed by atoms with Crippen LogP contribution in [-0.4, -0.2) is 21.7 Å². The molecular weight excluding hydrogens is 368 g/mol. The van der Waals surface area contributed by atoms with Crippen molar-refractivity contribution in [2.24, 2.45) is 0 Å². The molecule has 9 heteroatoms. The number of carbonyl (C=O) groups is 2. The highest BCUT2D eigenvalue weighted by molar-refractivity contribution is 7.17. The van der Waals surface area contributed by atoms with E-state index in [2.05, 4.69) is 15.8 Å². The maximum Gasteiger partial charge on any atom is 0.281 e. The van der Waals surface area contributed by atoms with Crippen LogP contribution in [0.15, 0.2) is 54.6 Å². The van der Waals surface area contributed by atoms with Crippen LogP contribution in [0.25, 0.3) is 10.6 Å². The molecular formula is C18H14N4O4S. The number of hydrazine groups is 1. The first-order valence-corrected chi connectivity index (χ1v) is 8.65. The van der Waals surface area contributed by atoms with Gasteiger partial charge in [-0.25, -0.2) is 4.98 Å². The molecule has 0 radical (unpaired) electrons. The minimum atomic E-state index is -0.655. The minimum Gasteiger partial charge on any atom is -0.267 e. The number of carbonyl (C=O) groups excluding carboxylic acids is 2. The van der Waals surface area contributed by atoms with Gasteiger partial charge in [0.15, 0.2) is 0 Å². The Bertz CT molecular complexity index is 1020. The van der Waals surface area contributed by atoms with Crippen molar-refractivity contribution in [3.8, 4) is 10.6 Å². The molecule has 0 saturated heterocycles. The van der Waals surface area contributed by atoms with Crippen LogP contribution in [0, 0.1) is 17.0 Å². The highest BCUT2D eigenvalue weighted by Crippen LogP contribution is 2.27. The lowest BCUT2D eigenvalue weighted by molar-refractivity contribution is -0.384. The van der Waals surface area contributed by atoms with Crippen molar-refractivity contribution in [3.63, 3.8) is 0 Å². The van der Waals surface area contributed by atoms with Gasteiger partial charge in [-0.05, 0) is 13.0 Å². The van der Waals surface area contributed by atoms with Crippen LogP contribution >= 0.6 is 11.3 Å². The largest absolute Gasteiger partial charge is 0.281 e. The lowest BCUT2D eigenvalue weighted by atomic mass is 10.2. The molecule has 2 N–H and O–H groups in total. The maximum atomic E-state index is 12.4. The number of nitrogens with zero attached hydrogens (tertiary/aromatic N) is 2. The number of nitrogens with one attached hydrogen (secondary N) is 2. The highest BCUT2D eigenvalue weighted by Gasteiger charge is 2.17. The van der Waals surface area contributed by atoms with Crippen LogP contribution < -0.4 is 10.9 Å². The van der Waals surface area contributed by atoms with E-state index in [1.807, 2.05) is 30.3 Å². The molecule has 0 fully saturated rings. The summed E-state index contributed by atoms with van der Waals surface area (Å²) in [6.07, 6.45) is 0. The SMILES string of the molecule is Cc1nc(-c2ccccc2)sc1C(=O)NNC(=O)c1cccc([N+](=O)[O-])c1. The second kappa shape index (κ2) is 7.75. The number of nitro benzene ring substituents is 1. The van der Waals surface area contributed by atoms with Crippen molar-refractivity contribution in [2.75, 3.05) is 0 Å².